The van der Waals surface area contributed by atoms with E-state index < -0.39 is 5.97 Å². The Morgan fingerprint density at radius 1 is 1.20 bits per heavy atom. The first kappa shape index (κ1) is 20.1. The Morgan fingerprint density at radius 3 is 2.60 bits per heavy atom. The van der Waals surface area contributed by atoms with Gasteiger partial charge < -0.3 is 19.5 Å². The largest absolute Gasteiger partial charge is 0.481 e. The van der Waals surface area contributed by atoms with Crippen molar-refractivity contribution in [3.05, 3.63) is 41.7 Å². The van der Waals surface area contributed by atoms with Gasteiger partial charge in [-0.15, -0.1) is 0 Å². The van der Waals surface area contributed by atoms with E-state index >= 15 is 0 Å². The van der Waals surface area contributed by atoms with Crippen LogP contribution in [0.15, 0.2) is 30.6 Å². The average molecular weight is 411 g/mol. The molecule has 158 valence electrons. The fourth-order valence-electron chi connectivity index (χ4n) is 4.39. The average Bonchev–Trinajstić information content (AvgIpc) is 2.93. The van der Waals surface area contributed by atoms with Gasteiger partial charge in [0.1, 0.15) is 12.9 Å². The van der Waals surface area contributed by atoms with Crippen LogP contribution < -0.4 is 14.4 Å². The Bertz CT molecular complexity index is 923. The standard InChI is InChI=1S/C22H25N3O5/c1-29-20-19-21(24-13-23-20)30-11-10-25(22(19)28)17-8-6-16(7-9-17)15-4-2-14(3-5-15)12-18(26)27/h6-9,13-15H,2-5,10-12H2,1H3,(H,26,27). The van der Waals surface area contributed by atoms with Crippen LogP contribution in [0.5, 0.6) is 11.8 Å². The number of aromatic nitrogens is 2. The number of hydrogen-bond acceptors (Lipinski definition) is 6. The van der Waals surface area contributed by atoms with Crippen LogP contribution in [0.25, 0.3) is 0 Å². The van der Waals surface area contributed by atoms with Gasteiger partial charge in [0, 0.05) is 12.1 Å². The summed E-state index contributed by atoms with van der Waals surface area (Å²) in [7, 11) is 1.46. The number of carboxylic acids is 1. The zero-order valence-electron chi connectivity index (χ0n) is 16.9. The third-order valence-corrected chi connectivity index (χ3v) is 5.97. The number of amides is 1. The fourth-order valence-corrected chi connectivity index (χ4v) is 4.39. The van der Waals surface area contributed by atoms with E-state index in [9.17, 15) is 9.59 Å². The zero-order chi connectivity index (χ0) is 21.1. The van der Waals surface area contributed by atoms with Crippen molar-refractivity contribution in [2.24, 2.45) is 5.92 Å². The number of benzene rings is 1. The number of ether oxygens (including phenoxy) is 2. The van der Waals surface area contributed by atoms with Crippen LogP contribution in [0.3, 0.4) is 0 Å². The maximum atomic E-state index is 13.2. The van der Waals surface area contributed by atoms with E-state index in [2.05, 4.69) is 22.1 Å². The highest BCUT2D eigenvalue weighted by atomic mass is 16.5. The van der Waals surface area contributed by atoms with Crippen LogP contribution in [-0.2, 0) is 4.79 Å². The van der Waals surface area contributed by atoms with Crippen molar-refractivity contribution in [1.82, 2.24) is 9.97 Å². The molecule has 30 heavy (non-hydrogen) atoms. The molecule has 0 bridgehead atoms. The molecule has 0 spiro atoms. The second-order valence-electron chi connectivity index (χ2n) is 7.78. The predicted molar refractivity (Wildman–Crippen MR) is 109 cm³/mol. The molecule has 4 rings (SSSR count). The Labute approximate surface area is 174 Å². The molecule has 0 saturated heterocycles. The van der Waals surface area contributed by atoms with Crippen molar-refractivity contribution in [3.63, 3.8) is 0 Å². The van der Waals surface area contributed by atoms with E-state index in [1.165, 1.54) is 19.0 Å². The lowest BCUT2D eigenvalue weighted by molar-refractivity contribution is -0.138. The maximum Gasteiger partial charge on any atom is 0.303 e. The van der Waals surface area contributed by atoms with Crippen LogP contribution >= 0.6 is 0 Å². The number of aliphatic carboxylic acids is 1. The summed E-state index contributed by atoms with van der Waals surface area (Å²) in [6.45, 7) is 0.728. The van der Waals surface area contributed by atoms with Gasteiger partial charge in [-0.25, -0.2) is 9.97 Å². The molecule has 1 saturated carbocycles. The molecule has 1 aromatic heterocycles. The summed E-state index contributed by atoms with van der Waals surface area (Å²) in [6, 6.07) is 8.04. The molecule has 0 unspecified atom stereocenters. The van der Waals surface area contributed by atoms with Crippen molar-refractivity contribution >= 4 is 17.6 Å². The van der Waals surface area contributed by atoms with Crippen LogP contribution in [-0.4, -0.2) is 47.2 Å². The van der Waals surface area contributed by atoms with Crippen molar-refractivity contribution in [2.45, 2.75) is 38.0 Å². The van der Waals surface area contributed by atoms with Crippen molar-refractivity contribution in [2.75, 3.05) is 25.2 Å². The Balaban J connectivity index is 1.49. The van der Waals surface area contributed by atoms with Gasteiger partial charge in [-0.3, -0.25) is 9.59 Å². The Kier molecular flexibility index (Phi) is 5.83. The molecule has 8 nitrogen and oxygen atoms in total. The highest BCUT2D eigenvalue weighted by Crippen LogP contribution is 2.38. The third kappa shape index (κ3) is 4.08. The van der Waals surface area contributed by atoms with E-state index in [-0.39, 0.29) is 35.6 Å². The van der Waals surface area contributed by atoms with Crippen LogP contribution in [0.4, 0.5) is 5.69 Å². The number of hydrogen-bond donors (Lipinski definition) is 1. The number of rotatable bonds is 5. The molecule has 2 aromatic rings. The van der Waals surface area contributed by atoms with Crippen LogP contribution in [0.2, 0.25) is 0 Å². The number of fused-ring (bicyclic) bond motifs is 1. The number of anilines is 1. The Morgan fingerprint density at radius 2 is 1.93 bits per heavy atom. The van der Waals surface area contributed by atoms with Gasteiger partial charge in [-0.05, 0) is 55.2 Å². The minimum absolute atomic E-state index is 0.201. The third-order valence-electron chi connectivity index (χ3n) is 5.97. The SMILES string of the molecule is COc1ncnc2c1C(=O)N(c1ccc(C3CCC(CC(=O)O)CC3)cc1)CCO2. The molecule has 2 heterocycles. The first-order valence-electron chi connectivity index (χ1n) is 10.2. The summed E-state index contributed by atoms with van der Waals surface area (Å²) in [5, 5.41) is 8.98. The number of carbonyl (C=O) groups is 2. The van der Waals surface area contributed by atoms with Crippen molar-refractivity contribution < 1.29 is 24.2 Å². The number of carboxylic acid groups (broad SMARTS) is 1. The number of methoxy groups -OCH3 is 1. The molecule has 1 aromatic carbocycles. The molecule has 1 fully saturated rings. The molecule has 8 heteroatoms. The molecular formula is C22H25N3O5. The molecule has 1 aliphatic carbocycles. The number of carbonyl (C=O) groups excluding carboxylic acids is 1. The van der Waals surface area contributed by atoms with Crippen LogP contribution in [0, 0.1) is 5.92 Å². The van der Waals surface area contributed by atoms with Crippen LogP contribution in [0.1, 0.15) is 53.9 Å². The van der Waals surface area contributed by atoms with E-state index in [0.29, 0.717) is 19.1 Å². The molecule has 1 N–H and O–H groups in total. The minimum atomic E-state index is -0.711. The van der Waals surface area contributed by atoms with Gasteiger partial charge in [0.05, 0.1) is 13.7 Å². The maximum absolute atomic E-state index is 13.2. The second-order valence-corrected chi connectivity index (χ2v) is 7.78. The minimum Gasteiger partial charge on any atom is -0.481 e. The summed E-state index contributed by atoms with van der Waals surface area (Å²) in [6.07, 6.45) is 5.46. The predicted octanol–water partition coefficient (Wildman–Crippen LogP) is 3.27. The molecule has 2 aliphatic rings. The monoisotopic (exact) mass is 411 g/mol. The van der Waals surface area contributed by atoms with Gasteiger partial charge in [-0.2, -0.15) is 0 Å². The first-order valence-corrected chi connectivity index (χ1v) is 10.2. The number of nitrogens with zero attached hydrogens (tertiary/aromatic N) is 3. The van der Waals surface area contributed by atoms with E-state index in [0.717, 1.165) is 31.4 Å². The second kappa shape index (κ2) is 8.69. The highest BCUT2D eigenvalue weighted by Gasteiger charge is 2.30. The van der Waals surface area contributed by atoms with Crippen molar-refractivity contribution in [3.8, 4) is 11.8 Å². The molecular weight excluding hydrogens is 386 g/mol. The fraction of sp³-hybridized carbons (Fsp3) is 0.455. The van der Waals surface area contributed by atoms with Crippen molar-refractivity contribution in [1.29, 1.82) is 0 Å². The molecule has 1 aliphatic heterocycles. The zero-order valence-corrected chi connectivity index (χ0v) is 16.9. The summed E-state index contributed by atoms with van der Waals surface area (Å²) >= 11 is 0. The van der Waals surface area contributed by atoms with E-state index in [1.54, 1.807) is 4.90 Å². The molecule has 0 atom stereocenters. The van der Waals surface area contributed by atoms with Gasteiger partial charge >= 0.3 is 5.97 Å². The lowest BCUT2D eigenvalue weighted by atomic mass is 9.77. The summed E-state index contributed by atoms with van der Waals surface area (Å²) in [5.74, 6) is 0.196. The Hall–Kier alpha value is -3.16. The normalized spacial score (nSPS) is 21.4. The lowest BCUT2D eigenvalue weighted by Crippen LogP contribution is -2.32. The quantitative estimate of drug-likeness (QED) is 0.805. The summed E-state index contributed by atoms with van der Waals surface area (Å²) in [4.78, 5) is 33.8. The van der Waals surface area contributed by atoms with Gasteiger partial charge in [0.2, 0.25) is 11.8 Å². The smallest absolute Gasteiger partial charge is 0.303 e. The summed E-state index contributed by atoms with van der Waals surface area (Å²) < 4.78 is 10.9. The van der Waals surface area contributed by atoms with Gasteiger partial charge in [0.25, 0.3) is 5.91 Å². The highest BCUT2D eigenvalue weighted by molar-refractivity contribution is 6.09. The van der Waals surface area contributed by atoms with E-state index in [1.807, 2.05) is 12.1 Å². The lowest BCUT2D eigenvalue weighted by Gasteiger charge is -2.28. The topological polar surface area (TPSA) is 102 Å². The van der Waals surface area contributed by atoms with Gasteiger partial charge in [-0.1, -0.05) is 12.1 Å². The molecule has 0 radical (unpaired) electrons. The van der Waals surface area contributed by atoms with Gasteiger partial charge in [0.15, 0.2) is 5.56 Å². The first-order chi connectivity index (χ1) is 14.6. The van der Waals surface area contributed by atoms with E-state index in [4.69, 9.17) is 14.6 Å². The summed E-state index contributed by atoms with van der Waals surface area (Å²) in [5.41, 5.74) is 2.25. The molecule has 1 amide bonds.